The number of carbonyl (C=O) groups is 2. The summed E-state index contributed by atoms with van der Waals surface area (Å²) in [7, 11) is 1.35. The highest BCUT2D eigenvalue weighted by molar-refractivity contribution is 5.69. The van der Waals surface area contributed by atoms with Crippen molar-refractivity contribution in [2.24, 2.45) is 0 Å². The third-order valence-corrected chi connectivity index (χ3v) is 3.29. The topological polar surface area (TPSA) is 108 Å². The molecule has 0 aliphatic heterocycles. The standard InChI is InChI=1S/C19H36O10/c1-3-29-19(21)5-7-24-9-11-26-13-15-28-17-16-27-14-12-25-10-8-23-6-4-18(20)22-2/h3-17H2,1-2H3. The van der Waals surface area contributed by atoms with Gasteiger partial charge in [-0.3, -0.25) is 9.59 Å². The average Bonchev–Trinajstić information content (AvgIpc) is 2.72. The number of esters is 2. The van der Waals surface area contributed by atoms with Crippen LogP contribution in [0.15, 0.2) is 0 Å². The van der Waals surface area contributed by atoms with E-state index in [9.17, 15) is 9.59 Å². The minimum Gasteiger partial charge on any atom is -0.469 e. The van der Waals surface area contributed by atoms with Crippen LogP contribution in [0.5, 0.6) is 0 Å². The number of methoxy groups -OCH3 is 1. The van der Waals surface area contributed by atoms with Gasteiger partial charge in [-0.15, -0.1) is 0 Å². The molecule has 0 N–H and O–H groups in total. The van der Waals surface area contributed by atoms with Crippen LogP contribution in [0.25, 0.3) is 0 Å². The number of hydrogen-bond donors (Lipinski definition) is 0. The molecular formula is C19H36O10. The Labute approximate surface area is 173 Å². The van der Waals surface area contributed by atoms with E-state index in [1.807, 2.05) is 0 Å². The van der Waals surface area contributed by atoms with Gasteiger partial charge in [0, 0.05) is 0 Å². The van der Waals surface area contributed by atoms with Gasteiger partial charge in [-0.05, 0) is 6.92 Å². The van der Waals surface area contributed by atoms with E-state index < -0.39 is 0 Å². The summed E-state index contributed by atoms with van der Waals surface area (Å²) in [6.07, 6.45) is 0.502. The largest absolute Gasteiger partial charge is 0.469 e. The van der Waals surface area contributed by atoms with Gasteiger partial charge >= 0.3 is 11.9 Å². The molecule has 0 spiro atoms. The second-order valence-corrected chi connectivity index (χ2v) is 5.56. The molecule has 29 heavy (non-hydrogen) atoms. The summed E-state index contributed by atoms with van der Waals surface area (Å²) in [5.74, 6) is -0.540. The molecule has 0 unspecified atom stereocenters. The van der Waals surface area contributed by atoms with E-state index in [-0.39, 0.29) is 24.8 Å². The van der Waals surface area contributed by atoms with Gasteiger partial charge in [0.2, 0.25) is 0 Å². The van der Waals surface area contributed by atoms with Crippen LogP contribution in [0.2, 0.25) is 0 Å². The van der Waals surface area contributed by atoms with Gasteiger partial charge < -0.3 is 37.9 Å². The quantitative estimate of drug-likeness (QED) is 0.181. The van der Waals surface area contributed by atoms with Crippen molar-refractivity contribution >= 4 is 11.9 Å². The fraction of sp³-hybridized carbons (Fsp3) is 0.895. The van der Waals surface area contributed by atoms with Gasteiger partial charge in [0.1, 0.15) is 0 Å². The van der Waals surface area contributed by atoms with E-state index in [1.165, 1.54) is 7.11 Å². The minimum absolute atomic E-state index is 0.246. The molecule has 0 heterocycles. The predicted octanol–water partition coefficient (Wildman–Crippen LogP) is 0.602. The van der Waals surface area contributed by atoms with Crippen LogP contribution >= 0.6 is 0 Å². The van der Waals surface area contributed by atoms with Crippen LogP contribution in [0.3, 0.4) is 0 Å². The van der Waals surface area contributed by atoms with Crippen molar-refractivity contribution in [2.75, 3.05) is 93.0 Å². The molecule has 0 atom stereocenters. The van der Waals surface area contributed by atoms with Crippen molar-refractivity contribution in [2.45, 2.75) is 19.8 Å². The summed E-state index contributed by atoms with van der Waals surface area (Å²) in [4.78, 5) is 21.9. The Morgan fingerprint density at radius 3 is 1.14 bits per heavy atom. The molecule has 0 saturated carbocycles. The molecule has 0 bridgehead atoms. The first-order valence-corrected chi connectivity index (χ1v) is 9.89. The molecule has 172 valence electrons. The van der Waals surface area contributed by atoms with Crippen LogP contribution in [-0.2, 0) is 47.5 Å². The highest BCUT2D eigenvalue weighted by Gasteiger charge is 2.01. The van der Waals surface area contributed by atoms with Crippen molar-refractivity contribution in [1.82, 2.24) is 0 Å². The summed E-state index contributed by atoms with van der Waals surface area (Å²) >= 11 is 0. The zero-order valence-corrected chi connectivity index (χ0v) is 17.7. The fourth-order valence-corrected chi connectivity index (χ4v) is 1.85. The zero-order valence-electron chi connectivity index (χ0n) is 17.7. The lowest BCUT2D eigenvalue weighted by Crippen LogP contribution is -2.15. The monoisotopic (exact) mass is 424 g/mol. The van der Waals surface area contributed by atoms with Crippen LogP contribution < -0.4 is 0 Å². The average molecular weight is 424 g/mol. The van der Waals surface area contributed by atoms with Gasteiger partial charge in [-0.2, -0.15) is 0 Å². The van der Waals surface area contributed by atoms with Gasteiger partial charge in [0.25, 0.3) is 0 Å². The highest BCUT2D eigenvalue weighted by atomic mass is 16.6. The van der Waals surface area contributed by atoms with Crippen molar-refractivity contribution in [3.8, 4) is 0 Å². The maximum absolute atomic E-state index is 11.1. The Balaban J connectivity index is 3.07. The Morgan fingerprint density at radius 2 is 0.828 bits per heavy atom. The first-order chi connectivity index (χ1) is 14.2. The summed E-state index contributed by atoms with van der Waals surface area (Å²) in [5.41, 5.74) is 0. The third-order valence-electron chi connectivity index (χ3n) is 3.29. The van der Waals surface area contributed by atoms with E-state index in [4.69, 9.17) is 33.2 Å². The molecule has 0 aliphatic carbocycles. The van der Waals surface area contributed by atoms with Gasteiger partial charge in [0.15, 0.2) is 0 Å². The third kappa shape index (κ3) is 22.8. The Hall–Kier alpha value is -1.30. The summed E-state index contributed by atoms with van der Waals surface area (Å²) < 4.78 is 41.2. The van der Waals surface area contributed by atoms with Gasteiger partial charge in [-0.1, -0.05) is 0 Å². The Kier molecular flexibility index (Phi) is 22.0. The molecule has 0 amide bonds. The number of hydrogen-bond acceptors (Lipinski definition) is 10. The highest BCUT2D eigenvalue weighted by Crippen LogP contribution is 1.89. The lowest BCUT2D eigenvalue weighted by Gasteiger charge is -2.08. The van der Waals surface area contributed by atoms with Crippen molar-refractivity contribution in [3.05, 3.63) is 0 Å². The van der Waals surface area contributed by atoms with E-state index in [0.29, 0.717) is 85.9 Å². The lowest BCUT2D eigenvalue weighted by molar-refractivity contribution is -0.144. The summed E-state index contributed by atoms with van der Waals surface area (Å²) in [6, 6.07) is 0. The molecule has 0 fully saturated rings. The molecule has 0 aromatic rings. The molecule has 10 nitrogen and oxygen atoms in total. The maximum atomic E-state index is 11.1. The number of rotatable bonds is 22. The smallest absolute Gasteiger partial charge is 0.308 e. The molecule has 10 heteroatoms. The van der Waals surface area contributed by atoms with Gasteiger partial charge in [0.05, 0.1) is 106 Å². The molecule has 0 aromatic heterocycles. The summed E-state index contributed by atoms with van der Waals surface area (Å²) in [5, 5.41) is 0. The second kappa shape index (κ2) is 23.0. The molecule has 0 rings (SSSR count). The van der Waals surface area contributed by atoms with Crippen LogP contribution in [0.4, 0.5) is 0 Å². The molecule has 0 aliphatic rings. The SMILES string of the molecule is CCOC(=O)CCOCCOCCOCCOCCOCCOCCC(=O)OC. The molecule has 0 saturated heterocycles. The normalized spacial score (nSPS) is 10.8. The Bertz CT molecular complexity index is 378. The Morgan fingerprint density at radius 1 is 0.517 bits per heavy atom. The second-order valence-electron chi connectivity index (χ2n) is 5.56. The maximum Gasteiger partial charge on any atom is 0.308 e. The van der Waals surface area contributed by atoms with Crippen LogP contribution in [-0.4, -0.2) is 105 Å². The van der Waals surface area contributed by atoms with Crippen LogP contribution in [0, 0.1) is 0 Å². The van der Waals surface area contributed by atoms with Crippen molar-refractivity contribution < 1.29 is 47.5 Å². The first-order valence-electron chi connectivity index (χ1n) is 9.89. The van der Waals surface area contributed by atoms with Crippen molar-refractivity contribution in [1.29, 1.82) is 0 Å². The molecule has 0 radical (unpaired) electrons. The van der Waals surface area contributed by atoms with E-state index in [2.05, 4.69) is 4.74 Å². The van der Waals surface area contributed by atoms with Crippen LogP contribution in [0.1, 0.15) is 19.8 Å². The van der Waals surface area contributed by atoms with E-state index >= 15 is 0 Å². The lowest BCUT2D eigenvalue weighted by atomic mass is 10.5. The zero-order chi connectivity index (χ0) is 21.4. The first kappa shape index (κ1) is 27.7. The number of ether oxygens (including phenoxy) is 8. The molecule has 0 aromatic carbocycles. The predicted molar refractivity (Wildman–Crippen MR) is 103 cm³/mol. The number of carbonyl (C=O) groups excluding carboxylic acids is 2. The fourth-order valence-electron chi connectivity index (χ4n) is 1.85. The van der Waals surface area contributed by atoms with Gasteiger partial charge in [-0.25, -0.2) is 0 Å². The van der Waals surface area contributed by atoms with Crippen molar-refractivity contribution in [3.63, 3.8) is 0 Å². The van der Waals surface area contributed by atoms with E-state index in [0.717, 1.165) is 0 Å². The summed E-state index contributed by atoms with van der Waals surface area (Å²) in [6.45, 7) is 7.44. The minimum atomic E-state index is -0.287. The molecular weight excluding hydrogens is 388 g/mol. The van der Waals surface area contributed by atoms with E-state index in [1.54, 1.807) is 6.92 Å².